The van der Waals surface area contributed by atoms with Crippen LogP contribution in [-0.2, 0) is 16.1 Å². The number of benzene rings is 1. The Balaban J connectivity index is 2.76. The molecule has 0 N–H and O–H groups in total. The highest BCUT2D eigenvalue weighted by Gasteiger charge is 2.31. The molecule has 0 atom stereocenters. The Morgan fingerprint density at radius 2 is 1.81 bits per heavy atom. The first kappa shape index (κ1) is 17.8. The van der Waals surface area contributed by atoms with Gasteiger partial charge in [0.15, 0.2) is 0 Å². The average molecular weight is 294 g/mol. The van der Waals surface area contributed by atoms with Gasteiger partial charge < -0.3 is 4.84 Å². The highest BCUT2D eigenvalue weighted by Crippen LogP contribution is 2.32. The largest absolute Gasteiger partial charge is 0.303 e. The molecule has 117 valence electrons. The summed E-state index contributed by atoms with van der Waals surface area (Å²) in [7, 11) is 3.38. The van der Waals surface area contributed by atoms with Gasteiger partial charge in [0, 0.05) is 20.0 Å². The summed E-state index contributed by atoms with van der Waals surface area (Å²) in [6.45, 7) is 6.65. The first-order chi connectivity index (χ1) is 9.74. The maximum Gasteiger partial charge on any atom is 0.142 e. The molecule has 0 saturated heterocycles. The van der Waals surface area contributed by atoms with Gasteiger partial charge in [-0.3, -0.25) is 4.79 Å². The standard InChI is InChI=1S/C17H25FNO2/c1-17(2,3)15(16(20)10-11-19(4)21-5)12-13-6-8-14(18)9-7-13/h6-9H,10-12H2,1-5H3. The zero-order chi connectivity index (χ0) is 16.0. The maximum absolute atomic E-state index is 13.0. The fourth-order valence-corrected chi connectivity index (χ4v) is 2.09. The number of Topliss-reactive ketones (excluding diaryl/α,β-unsaturated/α-hetero) is 1. The van der Waals surface area contributed by atoms with E-state index in [1.54, 1.807) is 31.4 Å². The topological polar surface area (TPSA) is 29.5 Å². The number of hydrogen-bond donors (Lipinski definition) is 0. The van der Waals surface area contributed by atoms with Crippen molar-refractivity contribution >= 4 is 5.78 Å². The van der Waals surface area contributed by atoms with E-state index < -0.39 is 0 Å². The molecule has 4 heteroatoms. The Labute approximate surface area is 127 Å². The van der Waals surface area contributed by atoms with Crippen LogP contribution in [0.2, 0.25) is 0 Å². The van der Waals surface area contributed by atoms with Crippen molar-refractivity contribution < 1.29 is 14.0 Å². The zero-order valence-electron chi connectivity index (χ0n) is 13.6. The van der Waals surface area contributed by atoms with Gasteiger partial charge in [0.05, 0.1) is 13.0 Å². The predicted molar refractivity (Wildman–Crippen MR) is 82.1 cm³/mol. The number of carbonyl (C=O) groups excluding carboxylic acids is 1. The predicted octanol–water partition coefficient (Wildman–Crippen LogP) is 3.44. The highest BCUT2D eigenvalue weighted by atomic mass is 19.1. The molecule has 3 nitrogen and oxygen atoms in total. The molecule has 0 aliphatic carbocycles. The SMILES string of the molecule is CON(C)CCC(=O)[C](Cc1ccc(F)cc1)C(C)(C)C. The molecule has 0 heterocycles. The lowest BCUT2D eigenvalue weighted by Gasteiger charge is -2.29. The molecular formula is C17H25FNO2. The second kappa shape index (κ2) is 7.66. The lowest BCUT2D eigenvalue weighted by molar-refractivity contribution is -0.128. The molecule has 0 aromatic heterocycles. The van der Waals surface area contributed by atoms with E-state index in [1.807, 2.05) is 20.8 Å². The van der Waals surface area contributed by atoms with Gasteiger partial charge in [0.25, 0.3) is 0 Å². The van der Waals surface area contributed by atoms with Crippen LogP contribution >= 0.6 is 0 Å². The third-order valence-electron chi connectivity index (χ3n) is 3.50. The normalized spacial score (nSPS) is 12.2. The first-order valence-electron chi connectivity index (χ1n) is 7.13. The number of nitrogens with zero attached hydrogens (tertiary/aromatic N) is 1. The van der Waals surface area contributed by atoms with Crippen LogP contribution < -0.4 is 0 Å². The zero-order valence-corrected chi connectivity index (χ0v) is 13.6. The van der Waals surface area contributed by atoms with Crippen LogP contribution in [0.4, 0.5) is 4.39 Å². The smallest absolute Gasteiger partial charge is 0.142 e. The van der Waals surface area contributed by atoms with Crippen molar-refractivity contribution in [3.05, 3.63) is 41.6 Å². The van der Waals surface area contributed by atoms with Crippen LogP contribution in [0.5, 0.6) is 0 Å². The van der Waals surface area contributed by atoms with E-state index in [9.17, 15) is 9.18 Å². The fraction of sp³-hybridized carbons (Fsp3) is 0.529. The van der Waals surface area contributed by atoms with Crippen LogP contribution in [0.3, 0.4) is 0 Å². The first-order valence-corrected chi connectivity index (χ1v) is 7.13. The number of carbonyl (C=O) groups is 1. The molecule has 1 rings (SSSR count). The number of hydrogen-bond acceptors (Lipinski definition) is 3. The van der Waals surface area contributed by atoms with Crippen molar-refractivity contribution in [2.75, 3.05) is 20.7 Å². The molecule has 0 aliphatic rings. The lowest BCUT2D eigenvalue weighted by atomic mass is 9.74. The van der Waals surface area contributed by atoms with E-state index in [0.717, 1.165) is 11.5 Å². The van der Waals surface area contributed by atoms with Gasteiger partial charge in [0.2, 0.25) is 0 Å². The molecule has 1 aromatic carbocycles. The maximum atomic E-state index is 13.0. The van der Waals surface area contributed by atoms with Crippen LogP contribution in [0.1, 0.15) is 32.8 Å². The van der Waals surface area contributed by atoms with Crippen molar-refractivity contribution in [3.63, 3.8) is 0 Å². The summed E-state index contributed by atoms with van der Waals surface area (Å²) in [4.78, 5) is 17.5. The van der Waals surface area contributed by atoms with Crippen molar-refractivity contribution in [1.29, 1.82) is 0 Å². The summed E-state index contributed by atoms with van der Waals surface area (Å²) in [5.41, 5.74) is 0.742. The van der Waals surface area contributed by atoms with Gasteiger partial charge in [0.1, 0.15) is 11.6 Å². The van der Waals surface area contributed by atoms with E-state index >= 15 is 0 Å². The quantitative estimate of drug-likeness (QED) is 0.721. The number of halogens is 1. The molecule has 0 unspecified atom stereocenters. The molecule has 0 saturated carbocycles. The van der Waals surface area contributed by atoms with Crippen LogP contribution in [-0.4, -0.2) is 31.5 Å². The summed E-state index contributed by atoms with van der Waals surface area (Å²) in [6, 6.07) is 6.32. The summed E-state index contributed by atoms with van der Waals surface area (Å²) in [5, 5.41) is 1.63. The van der Waals surface area contributed by atoms with E-state index in [0.29, 0.717) is 19.4 Å². The fourth-order valence-electron chi connectivity index (χ4n) is 2.09. The minimum atomic E-state index is -0.260. The Bertz CT molecular complexity index is 451. The van der Waals surface area contributed by atoms with E-state index in [4.69, 9.17) is 4.84 Å². The number of rotatable bonds is 7. The molecule has 21 heavy (non-hydrogen) atoms. The molecule has 0 aliphatic heterocycles. The number of ketones is 1. The molecule has 1 radical (unpaired) electrons. The Hall–Kier alpha value is -1.26. The highest BCUT2D eigenvalue weighted by molar-refractivity contribution is 5.93. The number of hydroxylamine groups is 2. The Morgan fingerprint density at radius 1 is 1.24 bits per heavy atom. The van der Waals surface area contributed by atoms with Crippen LogP contribution in [0.15, 0.2) is 24.3 Å². The molecule has 0 spiro atoms. The van der Waals surface area contributed by atoms with Gasteiger partial charge in [-0.05, 0) is 29.5 Å². The van der Waals surface area contributed by atoms with E-state index in [-0.39, 0.29) is 17.0 Å². The summed E-state index contributed by atoms with van der Waals surface area (Å²) in [5.74, 6) is 0.735. The minimum absolute atomic E-state index is 0.135. The molecule has 0 bridgehead atoms. The van der Waals surface area contributed by atoms with Crippen molar-refractivity contribution in [2.24, 2.45) is 5.41 Å². The Morgan fingerprint density at radius 3 is 2.29 bits per heavy atom. The van der Waals surface area contributed by atoms with Crippen molar-refractivity contribution in [2.45, 2.75) is 33.6 Å². The monoisotopic (exact) mass is 294 g/mol. The van der Waals surface area contributed by atoms with Crippen LogP contribution in [0, 0.1) is 17.2 Å². The van der Waals surface area contributed by atoms with Crippen molar-refractivity contribution in [1.82, 2.24) is 5.06 Å². The molecular weight excluding hydrogens is 269 g/mol. The second-order valence-electron chi connectivity index (χ2n) is 6.24. The molecule has 0 fully saturated rings. The van der Waals surface area contributed by atoms with Gasteiger partial charge in [-0.25, -0.2) is 4.39 Å². The molecule has 1 aromatic rings. The third-order valence-corrected chi connectivity index (χ3v) is 3.50. The summed E-state index contributed by atoms with van der Waals surface area (Å²) < 4.78 is 13.0. The van der Waals surface area contributed by atoms with E-state index in [2.05, 4.69) is 0 Å². The van der Waals surface area contributed by atoms with Gasteiger partial charge in [-0.1, -0.05) is 32.9 Å². The average Bonchev–Trinajstić information content (AvgIpc) is 2.42. The third kappa shape index (κ3) is 5.94. The van der Waals surface area contributed by atoms with Gasteiger partial charge in [-0.2, -0.15) is 5.06 Å². The summed E-state index contributed by atoms with van der Waals surface area (Å²) >= 11 is 0. The van der Waals surface area contributed by atoms with Gasteiger partial charge in [-0.15, -0.1) is 0 Å². The lowest BCUT2D eigenvalue weighted by Crippen LogP contribution is -2.31. The van der Waals surface area contributed by atoms with Gasteiger partial charge >= 0.3 is 0 Å². The van der Waals surface area contributed by atoms with Crippen molar-refractivity contribution in [3.8, 4) is 0 Å². The second-order valence-corrected chi connectivity index (χ2v) is 6.24. The molecule has 0 amide bonds. The summed E-state index contributed by atoms with van der Waals surface area (Å²) in [6.07, 6.45) is 0.970. The van der Waals surface area contributed by atoms with E-state index in [1.165, 1.54) is 12.1 Å². The Kier molecular flexibility index (Phi) is 6.49. The minimum Gasteiger partial charge on any atom is -0.303 e. The van der Waals surface area contributed by atoms with Crippen LogP contribution in [0.25, 0.3) is 0 Å².